The molecule has 0 amide bonds. The van der Waals surface area contributed by atoms with E-state index in [0.717, 1.165) is 32.1 Å². The molecule has 2 N–H and O–H groups in total. The fourth-order valence-electron chi connectivity index (χ4n) is 2.31. The van der Waals surface area contributed by atoms with E-state index in [0.29, 0.717) is 0 Å². The van der Waals surface area contributed by atoms with Gasteiger partial charge < -0.3 is 5.73 Å². The van der Waals surface area contributed by atoms with Crippen molar-refractivity contribution in [3.8, 4) is 0 Å². The van der Waals surface area contributed by atoms with Crippen molar-refractivity contribution in [2.24, 2.45) is 5.73 Å². The number of hydrogen-bond donors (Lipinski definition) is 1. The molecule has 1 aromatic rings. The molecule has 0 heterocycles. The molecule has 0 aromatic heterocycles. The Morgan fingerprint density at radius 2 is 1.88 bits per heavy atom. The first-order valence-corrected chi connectivity index (χ1v) is 6.38. The van der Waals surface area contributed by atoms with Gasteiger partial charge in [0.25, 0.3) is 0 Å². The Kier molecular flexibility index (Phi) is 4.37. The molecule has 1 fully saturated rings. The Hall–Kier alpha value is -0.860. The van der Waals surface area contributed by atoms with E-state index in [4.69, 9.17) is 5.73 Å². The van der Waals surface area contributed by atoms with Crippen LogP contribution in [0.3, 0.4) is 0 Å². The summed E-state index contributed by atoms with van der Waals surface area (Å²) in [6.07, 6.45) is 5.29. The molecule has 0 radical (unpaired) electrons. The van der Waals surface area contributed by atoms with E-state index >= 15 is 0 Å². The highest BCUT2D eigenvalue weighted by Crippen LogP contribution is 2.24. The van der Waals surface area contributed by atoms with Crippen LogP contribution < -0.4 is 5.73 Å². The molecular formula is C14H22N2. The lowest BCUT2D eigenvalue weighted by Gasteiger charge is -2.37. The maximum absolute atomic E-state index is 5.67. The second-order valence-corrected chi connectivity index (χ2v) is 4.64. The van der Waals surface area contributed by atoms with Gasteiger partial charge in [0.15, 0.2) is 0 Å². The predicted octanol–water partition coefficient (Wildman–Crippen LogP) is 2.04. The summed E-state index contributed by atoms with van der Waals surface area (Å²) in [5.41, 5.74) is 7.11. The van der Waals surface area contributed by atoms with Crippen molar-refractivity contribution in [1.82, 2.24) is 4.90 Å². The summed E-state index contributed by atoms with van der Waals surface area (Å²) in [6.45, 7) is 2.99. The van der Waals surface area contributed by atoms with Crippen molar-refractivity contribution in [1.29, 1.82) is 0 Å². The maximum Gasteiger partial charge on any atom is 0.0108 e. The second-order valence-electron chi connectivity index (χ2n) is 4.64. The molecule has 1 aromatic carbocycles. The Bertz CT molecular complexity index is 293. The second kappa shape index (κ2) is 6.02. The zero-order valence-corrected chi connectivity index (χ0v) is 9.94. The zero-order valence-electron chi connectivity index (χ0n) is 9.94. The summed E-state index contributed by atoms with van der Waals surface area (Å²) in [6, 6.07) is 11.5. The van der Waals surface area contributed by atoms with E-state index < -0.39 is 0 Å². The number of nitrogens with two attached hydrogens (primary N) is 1. The predicted molar refractivity (Wildman–Crippen MR) is 68.4 cm³/mol. The van der Waals surface area contributed by atoms with Gasteiger partial charge in [0.05, 0.1) is 0 Å². The average molecular weight is 218 g/mol. The Balaban J connectivity index is 1.81. The van der Waals surface area contributed by atoms with Crippen LogP contribution in [0.5, 0.6) is 0 Å². The van der Waals surface area contributed by atoms with E-state index in [-0.39, 0.29) is 0 Å². The lowest BCUT2D eigenvalue weighted by molar-refractivity contribution is 0.132. The van der Waals surface area contributed by atoms with Gasteiger partial charge in [-0.1, -0.05) is 36.8 Å². The highest BCUT2D eigenvalue weighted by Gasteiger charge is 2.23. The number of hydrogen-bond acceptors (Lipinski definition) is 2. The molecule has 2 nitrogen and oxygen atoms in total. The smallest absolute Gasteiger partial charge is 0.0108 e. The molecule has 2 rings (SSSR count). The molecule has 0 aliphatic heterocycles. The molecule has 0 spiro atoms. The fourth-order valence-corrected chi connectivity index (χ4v) is 2.31. The summed E-state index contributed by atoms with van der Waals surface area (Å²) >= 11 is 0. The number of benzene rings is 1. The average Bonchev–Trinajstić information content (AvgIpc) is 2.25. The molecule has 1 aliphatic carbocycles. The summed E-state index contributed by atoms with van der Waals surface area (Å²) in [5, 5.41) is 0. The number of nitrogens with zero attached hydrogens (tertiary/aromatic N) is 1. The minimum atomic E-state index is 0.783. The van der Waals surface area contributed by atoms with Gasteiger partial charge >= 0.3 is 0 Å². The molecule has 1 saturated carbocycles. The van der Waals surface area contributed by atoms with Crippen molar-refractivity contribution in [3.63, 3.8) is 0 Å². The van der Waals surface area contributed by atoms with Gasteiger partial charge in [0.2, 0.25) is 0 Å². The van der Waals surface area contributed by atoms with Crippen molar-refractivity contribution < 1.29 is 0 Å². The van der Waals surface area contributed by atoms with Crippen LogP contribution in [0.2, 0.25) is 0 Å². The van der Waals surface area contributed by atoms with Crippen molar-refractivity contribution in [3.05, 3.63) is 35.9 Å². The molecular weight excluding hydrogens is 196 g/mol. The van der Waals surface area contributed by atoms with Crippen LogP contribution >= 0.6 is 0 Å². The molecule has 0 unspecified atom stereocenters. The normalized spacial score (nSPS) is 16.4. The third kappa shape index (κ3) is 3.06. The molecule has 1 aliphatic rings. The van der Waals surface area contributed by atoms with Crippen molar-refractivity contribution in [2.75, 3.05) is 19.6 Å². The third-order valence-corrected chi connectivity index (χ3v) is 3.54. The van der Waals surface area contributed by atoms with Crippen molar-refractivity contribution >= 4 is 0 Å². The summed E-state index contributed by atoms with van der Waals surface area (Å²) in [7, 11) is 0. The first-order valence-electron chi connectivity index (χ1n) is 6.38. The maximum atomic E-state index is 5.67. The van der Waals surface area contributed by atoms with Gasteiger partial charge in [-0.3, -0.25) is 4.90 Å². The minimum absolute atomic E-state index is 0.783. The molecule has 0 saturated heterocycles. The van der Waals surface area contributed by atoms with Gasteiger partial charge in [-0.15, -0.1) is 0 Å². The van der Waals surface area contributed by atoms with E-state index in [1.54, 1.807) is 0 Å². The molecule has 0 bridgehead atoms. The highest BCUT2D eigenvalue weighted by molar-refractivity contribution is 5.14. The van der Waals surface area contributed by atoms with Gasteiger partial charge in [0.1, 0.15) is 0 Å². The van der Waals surface area contributed by atoms with E-state index in [9.17, 15) is 0 Å². The molecule has 16 heavy (non-hydrogen) atoms. The van der Waals surface area contributed by atoms with Gasteiger partial charge in [0, 0.05) is 25.7 Å². The van der Waals surface area contributed by atoms with Crippen molar-refractivity contribution in [2.45, 2.75) is 31.7 Å². The topological polar surface area (TPSA) is 29.3 Å². The summed E-state index contributed by atoms with van der Waals surface area (Å²) in [5.74, 6) is 0. The summed E-state index contributed by atoms with van der Waals surface area (Å²) in [4.78, 5) is 2.57. The first-order chi connectivity index (χ1) is 7.90. The Labute approximate surface area is 98.4 Å². The lowest BCUT2D eigenvalue weighted by atomic mass is 9.91. The zero-order chi connectivity index (χ0) is 11.2. The Morgan fingerprint density at radius 3 is 2.44 bits per heavy atom. The van der Waals surface area contributed by atoms with Gasteiger partial charge in [-0.05, 0) is 24.8 Å². The third-order valence-electron chi connectivity index (χ3n) is 3.54. The van der Waals surface area contributed by atoms with E-state index in [1.807, 2.05) is 0 Å². The lowest BCUT2D eigenvalue weighted by Crippen LogP contribution is -2.43. The van der Waals surface area contributed by atoms with Crippen LogP contribution in [0, 0.1) is 0 Å². The SMILES string of the molecule is NCCN(CCc1ccccc1)C1CCC1. The van der Waals surface area contributed by atoms with Crippen LogP contribution in [-0.2, 0) is 6.42 Å². The van der Waals surface area contributed by atoms with Crippen LogP contribution in [0.25, 0.3) is 0 Å². The Morgan fingerprint density at radius 1 is 1.12 bits per heavy atom. The monoisotopic (exact) mass is 218 g/mol. The van der Waals surface area contributed by atoms with Gasteiger partial charge in [-0.25, -0.2) is 0 Å². The summed E-state index contributed by atoms with van der Waals surface area (Å²) < 4.78 is 0. The van der Waals surface area contributed by atoms with Crippen LogP contribution in [-0.4, -0.2) is 30.6 Å². The number of rotatable bonds is 6. The largest absolute Gasteiger partial charge is 0.329 e. The van der Waals surface area contributed by atoms with Crippen LogP contribution in [0.15, 0.2) is 30.3 Å². The van der Waals surface area contributed by atoms with E-state index in [1.165, 1.54) is 24.8 Å². The van der Waals surface area contributed by atoms with E-state index in [2.05, 4.69) is 35.2 Å². The van der Waals surface area contributed by atoms with Crippen LogP contribution in [0.1, 0.15) is 24.8 Å². The fraction of sp³-hybridized carbons (Fsp3) is 0.571. The van der Waals surface area contributed by atoms with Crippen LogP contribution in [0.4, 0.5) is 0 Å². The first kappa shape index (κ1) is 11.6. The highest BCUT2D eigenvalue weighted by atomic mass is 15.2. The molecule has 88 valence electrons. The van der Waals surface area contributed by atoms with Gasteiger partial charge in [-0.2, -0.15) is 0 Å². The standard InChI is InChI=1S/C14H22N2/c15-10-12-16(14-7-4-8-14)11-9-13-5-2-1-3-6-13/h1-3,5-6,14H,4,7-12,15H2. The minimum Gasteiger partial charge on any atom is -0.329 e. The molecule has 0 atom stereocenters. The quantitative estimate of drug-likeness (QED) is 0.791. The molecule has 2 heteroatoms.